The monoisotopic (exact) mass is 307 g/mol. The molecular formula is C16H20FN2OS+. The first kappa shape index (κ1) is 15.7. The molecule has 1 heterocycles. The van der Waals surface area contributed by atoms with Crippen molar-refractivity contribution in [3.8, 4) is 0 Å². The van der Waals surface area contributed by atoms with Crippen molar-refractivity contribution >= 4 is 17.2 Å². The van der Waals surface area contributed by atoms with Gasteiger partial charge in [0.2, 0.25) is 0 Å². The maximum absolute atomic E-state index is 12.8. The van der Waals surface area contributed by atoms with Crippen LogP contribution >= 0.6 is 11.3 Å². The second kappa shape index (κ2) is 7.33. The molecule has 21 heavy (non-hydrogen) atoms. The van der Waals surface area contributed by atoms with Crippen molar-refractivity contribution in [1.82, 2.24) is 5.32 Å². The van der Waals surface area contributed by atoms with Crippen LogP contribution in [-0.4, -0.2) is 19.5 Å². The van der Waals surface area contributed by atoms with E-state index >= 15 is 0 Å². The predicted octanol–water partition coefficient (Wildman–Crippen LogP) is 1.78. The van der Waals surface area contributed by atoms with Gasteiger partial charge in [0.25, 0.3) is 5.91 Å². The van der Waals surface area contributed by atoms with Gasteiger partial charge in [-0.05, 0) is 30.5 Å². The maximum atomic E-state index is 12.8. The number of carbonyl (C=O) groups is 1. The molecule has 2 atom stereocenters. The van der Waals surface area contributed by atoms with E-state index in [-0.39, 0.29) is 17.8 Å². The van der Waals surface area contributed by atoms with Crippen LogP contribution in [0.2, 0.25) is 0 Å². The van der Waals surface area contributed by atoms with Crippen molar-refractivity contribution < 1.29 is 14.1 Å². The maximum Gasteiger partial charge on any atom is 0.275 e. The largest absolute Gasteiger partial charge is 0.344 e. The van der Waals surface area contributed by atoms with Gasteiger partial charge in [0.15, 0.2) is 6.54 Å². The Balaban J connectivity index is 1.80. The van der Waals surface area contributed by atoms with Crippen molar-refractivity contribution in [1.29, 1.82) is 0 Å². The van der Waals surface area contributed by atoms with Crippen molar-refractivity contribution in [2.24, 2.45) is 0 Å². The number of nitrogens with one attached hydrogen (secondary N) is 2. The Bertz CT molecular complexity index is 568. The van der Waals surface area contributed by atoms with Gasteiger partial charge in [-0.3, -0.25) is 4.79 Å². The average Bonchev–Trinajstić information content (AvgIpc) is 2.95. The second-order valence-electron chi connectivity index (χ2n) is 5.24. The highest BCUT2D eigenvalue weighted by Gasteiger charge is 2.14. The van der Waals surface area contributed by atoms with Gasteiger partial charge in [-0.15, -0.1) is 11.3 Å². The average molecular weight is 307 g/mol. The fraction of sp³-hybridized carbons (Fsp3) is 0.312. The third-order valence-corrected chi connectivity index (χ3v) is 4.28. The Morgan fingerprint density at radius 2 is 2.05 bits per heavy atom. The van der Waals surface area contributed by atoms with E-state index in [0.717, 1.165) is 15.3 Å². The first-order valence-corrected chi connectivity index (χ1v) is 7.81. The van der Waals surface area contributed by atoms with Gasteiger partial charge >= 0.3 is 0 Å². The molecule has 1 aromatic heterocycles. The summed E-state index contributed by atoms with van der Waals surface area (Å²) in [4.78, 5) is 14.2. The Kier molecular flexibility index (Phi) is 5.47. The summed E-state index contributed by atoms with van der Waals surface area (Å²) in [7, 11) is 1.96. The molecule has 112 valence electrons. The van der Waals surface area contributed by atoms with E-state index in [4.69, 9.17) is 0 Å². The van der Waals surface area contributed by atoms with E-state index in [9.17, 15) is 9.18 Å². The van der Waals surface area contributed by atoms with Crippen LogP contribution in [0.3, 0.4) is 0 Å². The summed E-state index contributed by atoms with van der Waals surface area (Å²) in [6.07, 6.45) is 0. The minimum Gasteiger partial charge on any atom is -0.344 e. The molecule has 0 fully saturated rings. The highest BCUT2D eigenvalue weighted by Crippen LogP contribution is 2.17. The number of benzene rings is 1. The summed E-state index contributed by atoms with van der Waals surface area (Å²) in [6.45, 7) is 3.08. The summed E-state index contributed by atoms with van der Waals surface area (Å²) in [5.74, 6) is -0.213. The number of carbonyl (C=O) groups excluding carboxylic acids is 1. The van der Waals surface area contributed by atoms with Gasteiger partial charge in [-0.25, -0.2) is 4.39 Å². The van der Waals surface area contributed by atoms with Crippen molar-refractivity contribution in [3.05, 3.63) is 58.0 Å². The van der Waals surface area contributed by atoms with Crippen LogP contribution in [0, 0.1) is 5.82 Å². The third-order valence-electron chi connectivity index (χ3n) is 3.23. The van der Waals surface area contributed by atoms with Gasteiger partial charge in [-0.1, -0.05) is 18.2 Å². The van der Waals surface area contributed by atoms with Gasteiger partial charge < -0.3 is 10.2 Å². The van der Waals surface area contributed by atoms with Crippen LogP contribution in [0.15, 0.2) is 41.8 Å². The molecule has 2 aromatic rings. The number of halogens is 1. The summed E-state index contributed by atoms with van der Waals surface area (Å²) in [6, 6.07) is 10.4. The van der Waals surface area contributed by atoms with E-state index in [1.54, 1.807) is 23.5 Å². The number of quaternary nitrogens is 1. The number of rotatable bonds is 6. The molecule has 0 aliphatic carbocycles. The van der Waals surface area contributed by atoms with Crippen molar-refractivity contribution in [3.63, 3.8) is 0 Å². The van der Waals surface area contributed by atoms with Gasteiger partial charge in [0.05, 0.1) is 13.1 Å². The summed E-state index contributed by atoms with van der Waals surface area (Å²) >= 11 is 1.64. The molecular weight excluding hydrogens is 287 g/mol. The topological polar surface area (TPSA) is 33.5 Å². The van der Waals surface area contributed by atoms with E-state index in [2.05, 4.69) is 5.32 Å². The van der Waals surface area contributed by atoms with Crippen molar-refractivity contribution in [2.75, 3.05) is 13.6 Å². The Labute approximate surface area is 128 Å². The fourth-order valence-corrected chi connectivity index (χ4v) is 2.92. The first-order chi connectivity index (χ1) is 10.0. The van der Waals surface area contributed by atoms with E-state index in [0.29, 0.717) is 13.1 Å². The standard InChI is InChI=1S/C16H19FN2OS/c1-12(15-4-3-9-21-15)18-16(20)11-19(2)10-13-5-7-14(17)8-6-13/h3-9,12H,10-11H2,1-2H3,(H,18,20)/p+1/t12-/m1/s1. The molecule has 1 amide bonds. The van der Waals surface area contributed by atoms with Crippen LogP contribution in [0.25, 0.3) is 0 Å². The third kappa shape index (κ3) is 4.95. The minimum atomic E-state index is -0.237. The Hall–Kier alpha value is -1.72. The fourth-order valence-electron chi connectivity index (χ4n) is 2.19. The molecule has 2 N–H and O–H groups in total. The van der Waals surface area contributed by atoms with Gasteiger partial charge in [0, 0.05) is 10.4 Å². The number of likely N-dealkylation sites (N-methyl/N-ethyl adjacent to an activating group) is 1. The van der Waals surface area contributed by atoms with Crippen molar-refractivity contribution in [2.45, 2.75) is 19.5 Å². The smallest absolute Gasteiger partial charge is 0.275 e. The zero-order valence-corrected chi connectivity index (χ0v) is 13.0. The lowest BCUT2D eigenvalue weighted by atomic mass is 10.2. The Morgan fingerprint density at radius 3 is 2.67 bits per heavy atom. The van der Waals surface area contributed by atoms with Crippen LogP contribution in [0.1, 0.15) is 23.4 Å². The normalized spacial score (nSPS) is 13.7. The van der Waals surface area contributed by atoms with Crippen LogP contribution < -0.4 is 10.2 Å². The van der Waals surface area contributed by atoms with Gasteiger partial charge in [-0.2, -0.15) is 0 Å². The highest BCUT2D eigenvalue weighted by atomic mass is 32.1. The molecule has 0 bridgehead atoms. The van der Waals surface area contributed by atoms with Crippen LogP contribution in [0.4, 0.5) is 4.39 Å². The zero-order valence-electron chi connectivity index (χ0n) is 12.2. The molecule has 0 saturated carbocycles. The number of amides is 1. The molecule has 0 spiro atoms. The number of hydrogen-bond donors (Lipinski definition) is 2. The summed E-state index contributed by atoms with van der Waals surface area (Å²) in [5, 5.41) is 5.00. The van der Waals surface area contributed by atoms with E-state index in [1.165, 1.54) is 12.1 Å². The van der Waals surface area contributed by atoms with Crippen LogP contribution in [0.5, 0.6) is 0 Å². The van der Waals surface area contributed by atoms with E-state index in [1.807, 2.05) is 31.5 Å². The highest BCUT2D eigenvalue weighted by molar-refractivity contribution is 7.10. The molecule has 0 aliphatic heterocycles. The first-order valence-electron chi connectivity index (χ1n) is 6.93. The summed E-state index contributed by atoms with van der Waals surface area (Å²) < 4.78 is 12.8. The van der Waals surface area contributed by atoms with Gasteiger partial charge in [0.1, 0.15) is 12.4 Å². The quantitative estimate of drug-likeness (QED) is 0.838. The lowest BCUT2D eigenvalue weighted by Gasteiger charge is -2.16. The molecule has 2 rings (SSSR count). The summed E-state index contributed by atoms with van der Waals surface area (Å²) in [5.41, 5.74) is 1.02. The molecule has 1 unspecified atom stereocenters. The SMILES string of the molecule is C[C@@H](NC(=O)C[NH+](C)Cc1ccc(F)cc1)c1cccs1. The number of thiophene rings is 1. The second-order valence-corrected chi connectivity index (χ2v) is 6.22. The molecule has 5 heteroatoms. The lowest BCUT2D eigenvalue weighted by Crippen LogP contribution is -3.08. The number of hydrogen-bond acceptors (Lipinski definition) is 2. The minimum absolute atomic E-state index is 0.0236. The molecule has 0 saturated heterocycles. The molecule has 1 aromatic carbocycles. The molecule has 0 radical (unpaired) electrons. The molecule has 3 nitrogen and oxygen atoms in total. The molecule has 0 aliphatic rings. The lowest BCUT2D eigenvalue weighted by molar-refractivity contribution is -0.885. The zero-order chi connectivity index (χ0) is 15.2. The predicted molar refractivity (Wildman–Crippen MR) is 82.7 cm³/mol. The van der Waals surface area contributed by atoms with E-state index < -0.39 is 0 Å². The Morgan fingerprint density at radius 1 is 1.33 bits per heavy atom. The van der Waals surface area contributed by atoms with Crippen LogP contribution in [-0.2, 0) is 11.3 Å².